The summed E-state index contributed by atoms with van der Waals surface area (Å²) in [6.07, 6.45) is 0.380. The largest absolute Gasteiger partial charge is 0.480 e. The summed E-state index contributed by atoms with van der Waals surface area (Å²) in [5.41, 5.74) is 1.13. The highest BCUT2D eigenvalue weighted by molar-refractivity contribution is 6.07. The van der Waals surface area contributed by atoms with Crippen LogP contribution < -0.4 is 10.2 Å². The first kappa shape index (κ1) is 17.7. The number of carboxylic acid groups (broad SMARTS) is 1. The second kappa shape index (κ2) is 7.29. The van der Waals surface area contributed by atoms with E-state index in [1.807, 2.05) is 57.1 Å². The Morgan fingerprint density at radius 3 is 2.50 bits per heavy atom. The molecule has 128 valence electrons. The van der Waals surface area contributed by atoms with Gasteiger partial charge in [-0.05, 0) is 24.5 Å². The topological polar surface area (TPSA) is 82.5 Å². The van der Waals surface area contributed by atoms with Crippen LogP contribution in [0.1, 0.15) is 30.6 Å². The fraction of sp³-hybridized carbons (Fsp3) is 0.389. The number of amides is 1. The molecule has 1 amide bonds. The molecule has 0 spiro atoms. The Morgan fingerprint density at radius 1 is 1.25 bits per heavy atom. The maximum absolute atomic E-state index is 12.7. The molecule has 1 heterocycles. The Labute approximate surface area is 141 Å². The third kappa shape index (κ3) is 4.01. The number of rotatable bonds is 6. The minimum atomic E-state index is -1.02. The minimum absolute atomic E-state index is 0.165. The van der Waals surface area contributed by atoms with Crippen LogP contribution in [0.2, 0.25) is 0 Å². The zero-order valence-corrected chi connectivity index (χ0v) is 14.4. The van der Waals surface area contributed by atoms with Gasteiger partial charge in [-0.1, -0.05) is 32.0 Å². The van der Waals surface area contributed by atoms with Gasteiger partial charge in [-0.15, -0.1) is 0 Å². The van der Waals surface area contributed by atoms with Gasteiger partial charge in [0.2, 0.25) is 0 Å². The Balaban J connectivity index is 2.42. The smallest absolute Gasteiger partial charge is 0.326 e. The summed E-state index contributed by atoms with van der Waals surface area (Å²) in [4.78, 5) is 30.4. The average molecular weight is 329 g/mol. The standard InChI is InChI=1S/C18H23N3O3/c1-11(2)9-15(18(23)24)20-17(22)13-10-16(21(3)4)19-14-8-6-5-7-12(13)14/h5-8,10-11,15H,9H2,1-4H3,(H,20,22)(H,23,24)/t15-/m1/s1. The Morgan fingerprint density at radius 2 is 1.92 bits per heavy atom. The first-order chi connectivity index (χ1) is 11.3. The van der Waals surface area contributed by atoms with Gasteiger partial charge in [0.25, 0.3) is 5.91 Å². The van der Waals surface area contributed by atoms with Crippen molar-refractivity contribution in [2.45, 2.75) is 26.3 Å². The highest BCUT2D eigenvalue weighted by atomic mass is 16.4. The quantitative estimate of drug-likeness (QED) is 0.851. The number of para-hydroxylation sites is 1. The summed E-state index contributed by atoms with van der Waals surface area (Å²) in [5, 5.41) is 12.7. The third-order valence-corrected chi connectivity index (χ3v) is 3.72. The molecule has 6 heteroatoms. The van der Waals surface area contributed by atoms with Crippen molar-refractivity contribution in [1.29, 1.82) is 0 Å². The van der Waals surface area contributed by atoms with E-state index in [0.717, 1.165) is 0 Å². The van der Waals surface area contributed by atoms with E-state index in [2.05, 4.69) is 10.3 Å². The number of hydrogen-bond donors (Lipinski definition) is 2. The molecular weight excluding hydrogens is 306 g/mol. The SMILES string of the molecule is CC(C)C[C@@H](NC(=O)c1cc(N(C)C)nc2ccccc12)C(=O)O. The highest BCUT2D eigenvalue weighted by Crippen LogP contribution is 2.22. The zero-order chi connectivity index (χ0) is 17.9. The first-order valence-corrected chi connectivity index (χ1v) is 7.90. The maximum Gasteiger partial charge on any atom is 0.326 e. The summed E-state index contributed by atoms with van der Waals surface area (Å²) in [6.45, 7) is 3.85. The van der Waals surface area contributed by atoms with E-state index in [0.29, 0.717) is 28.7 Å². The van der Waals surface area contributed by atoms with Crippen LogP contribution in [0.4, 0.5) is 5.82 Å². The molecule has 2 rings (SSSR count). The molecule has 0 saturated heterocycles. The molecule has 0 unspecified atom stereocenters. The molecule has 0 radical (unpaired) electrons. The van der Waals surface area contributed by atoms with Crippen molar-refractivity contribution >= 4 is 28.6 Å². The van der Waals surface area contributed by atoms with Gasteiger partial charge in [0, 0.05) is 19.5 Å². The Bertz CT molecular complexity index is 756. The number of fused-ring (bicyclic) bond motifs is 1. The van der Waals surface area contributed by atoms with Gasteiger partial charge in [-0.2, -0.15) is 0 Å². The summed E-state index contributed by atoms with van der Waals surface area (Å²) >= 11 is 0. The van der Waals surface area contributed by atoms with Crippen LogP contribution in [-0.4, -0.2) is 42.1 Å². The van der Waals surface area contributed by atoms with Crippen molar-refractivity contribution < 1.29 is 14.7 Å². The van der Waals surface area contributed by atoms with Gasteiger partial charge in [0.05, 0.1) is 11.1 Å². The van der Waals surface area contributed by atoms with E-state index >= 15 is 0 Å². The number of carboxylic acids is 1. The average Bonchev–Trinajstić information content (AvgIpc) is 2.52. The Kier molecular flexibility index (Phi) is 5.39. The van der Waals surface area contributed by atoms with Crippen molar-refractivity contribution in [2.75, 3.05) is 19.0 Å². The van der Waals surface area contributed by atoms with Crippen molar-refractivity contribution in [1.82, 2.24) is 10.3 Å². The van der Waals surface area contributed by atoms with E-state index in [9.17, 15) is 14.7 Å². The molecule has 0 fully saturated rings. The fourth-order valence-corrected chi connectivity index (χ4v) is 2.51. The molecule has 24 heavy (non-hydrogen) atoms. The second-order valence-electron chi connectivity index (χ2n) is 6.43. The van der Waals surface area contributed by atoms with Gasteiger partial charge < -0.3 is 15.3 Å². The van der Waals surface area contributed by atoms with E-state index in [4.69, 9.17) is 0 Å². The van der Waals surface area contributed by atoms with Crippen LogP contribution in [0, 0.1) is 5.92 Å². The molecule has 0 saturated carbocycles. The number of carbonyl (C=O) groups excluding carboxylic acids is 1. The number of carbonyl (C=O) groups is 2. The molecule has 0 aliphatic rings. The summed E-state index contributed by atoms with van der Waals surface area (Å²) in [5.74, 6) is -0.611. The number of aromatic nitrogens is 1. The fourth-order valence-electron chi connectivity index (χ4n) is 2.51. The molecule has 1 atom stereocenters. The van der Waals surface area contributed by atoms with E-state index < -0.39 is 17.9 Å². The molecule has 0 bridgehead atoms. The summed E-state index contributed by atoms with van der Waals surface area (Å²) in [6, 6.07) is 8.11. The van der Waals surface area contributed by atoms with Gasteiger partial charge >= 0.3 is 5.97 Å². The van der Waals surface area contributed by atoms with E-state index in [-0.39, 0.29) is 5.92 Å². The zero-order valence-electron chi connectivity index (χ0n) is 14.4. The predicted molar refractivity (Wildman–Crippen MR) is 94.4 cm³/mol. The molecule has 2 N–H and O–H groups in total. The van der Waals surface area contributed by atoms with Crippen LogP contribution in [0.3, 0.4) is 0 Å². The number of aliphatic carboxylic acids is 1. The van der Waals surface area contributed by atoms with Crippen molar-refractivity contribution in [3.63, 3.8) is 0 Å². The van der Waals surface area contributed by atoms with Crippen LogP contribution in [0.5, 0.6) is 0 Å². The van der Waals surface area contributed by atoms with Crippen LogP contribution in [0.25, 0.3) is 10.9 Å². The van der Waals surface area contributed by atoms with Crippen molar-refractivity contribution in [3.8, 4) is 0 Å². The molecule has 2 aromatic rings. The number of pyridine rings is 1. The van der Waals surface area contributed by atoms with Gasteiger partial charge in [0.1, 0.15) is 11.9 Å². The van der Waals surface area contributed by atoms with E-state index in [1.165, 1.54) is 0 Å². The molecular formula is C18H23N3O3. The molecule has 1 aromatic carbocycles. The van der Waals surface area contributed by atoms with Crippen LogP contribution in [0.15, 0.2) is 30.3 Å². The Hall–Kier alpha value is -2.63. The maximum atomic E-state index is 12.7. The highest BCUT2D eigenvalue weighted by Gasteiger charge is 2.23. The van der Waals surface area contributed by atoms with Gasteiger partial charge in [-0.25, -0.2) is 9.78 Å². The first-order valence-electron chi connectivity index (χ1n) is 7.90. The normalized spacial score (nSPS) is 12.2. The molecule has 0 aliphatic carbocycles. The number of benzene rings is 1. The van der Waals surface area contributed by atoms with Gasteiger partial charge in [-0.3, -0.25) is 4.79 Å². The summed E-state index contributed by atoms with van der Waals surface area (Å²) < 4.78 is 0. The lowest BCUT2D eigenvalue weighted by Gasteiger charge is -2.18. The van der Waals surface area contributed by atoms with Crippen LogP contribution in [-0.2, 0) is 4.79 Å². The lowest BCUT2D eigenvalue weighted by molar-refractivity contribution is -0.139. The number of nitrogens with zero attached hydrogens (tertiary/aromatic N) is 2. The summed E-state index contributed by atoms with van der Waals surface area (Å²) in [7, 11) is 3.69. The molecule has 0 aliphatic heterocycles. The van der Waals surface area contributed by atoms with E-state index in [1.54, 1.807) is 6.07 Å². The predicted octanol–water partition coefficient (Wildman–Crippen LogP) is 2.53. The second-order valence-corrected chi connectivity index (χ2v) is 6.43. The van der Waals surface area contributed by atoms with Crippen LogP contribution >= 0.6 is 0 Å². The third-order valence-electron chi connectivity index (χ3n) is 3.72. The van der Waals surface area contributed by atoms with Gasteiger partial charge in [0.15, 0.2) is 0 Å². The molecule has 1 aromatic heterocycles. The minimum Gasteiger partial charge on any atom is -0.480 e. The number of nitrogens with one attached hydrogen (secondary N) is 1. The number of hydrogen-bond acceptors (Lipinski definition) is 4. The lowest BCUT2D eigenvalue weighted by atomic mass is 10.0. The molecule has 6 nitrogen and oxygen atoms in total. The number of anilines is 1. The van der Waals surface area contributed by atoms with Crippen molar-refractivity contribution in [3.05, 3.63) is 35.9 Å². The van der Waals surface area contributed by atoms with Crippen molar-refractivity contribution in [2.24, 2.45) is 5.92 Å². The lowest BCUT2D eigenvalue weighted by Crippen LogP contribution is -2.41. The monoisotopic (exact) mass is 329 g/mol.